The number of aromatic hydroxyl groups is 1. The summed E-state index contributed by atoms with van der Waals surface area (Å²) in [5.74, 6) is -0.127. The number of likely N-dealkylation sites (N-methyl/N-ethyl adjacent to an activating group) is 1. The maximum absolute atomic E-state index is 13.2. The van der Waals surface area contributed by atoms with Gasteiger partial charge in [-0.25, -0.2) is 4.39 Å². The number of carbonyl (C=O) groups excluding carboxylic acids is 1. The maximum Gasteiger partial charge on any atom is 0.222 e. The zero-order chi connectivity index (χ0) is 14.0. The lowest BCUT2D eigenvalue weighted by Gasteiger charge is -2.32. The Morgan fingerprint density at radius 2 is 2.26 bits per heavy atom. The molecule has 0 spiro atoms. The van der Waals surface area contributed by atoms with Gasteiger partial charge in [0, 0.05) is 37.7 Å². The first kappa shape index (κ1) is 13.8. The molecule has 1 aliphatic heterocycles. The summed E-state index contributed by atoms with van der Waals surface area (Å²) in [6, 6.07) is 3.94. The molecule has 5 heteroatoms. The van der Waals surface area contributed by atoms with Gasteiger partial charge in [0.1, 0.15) is 11.6 Å². The zero-order valence-corrected chi connectivity index (χ0v) is 11.2. The van der Waals surface area contributed by atoms with E-state index in [1.54, 1.807) is 11.9 Å². The van der Waals surface area contributed by atoms with Gasteiger partial charge in [0.2, 0.25) is 5.91 Å². The predicted octanol–water partition coefficient (Wildman–Crippen LogP) is 1.80. The second kappa shape index (κ2) is 5.57. The Balaban J connectivity index is 2.03. The van der Waals surface area contributed by atoms with Crippen molar-refractivity contribution in [1.82, 2.24) is 10.2 Å². The average molecular weight is 266 g/mol. The molecule has 19 heavy (non-hydrogen) atoms. The number of rotatable bonds is 3. The fourth-order valence-electron chi connectivity index (χ4n) is 2.46. The number of likely N-dealkylation sites (tertiary alicyclic amines) is 1. The number of phenols is 1. The number of hydrogen-bond donors (Lipinski definition) is 2. The van der Waals surface area contributed by atoms with Crippen LogP contribution in [0.15, 0.2) is 18.2 Å². The number of piperidine rings is 1. The minimum atomic E-state index is -0.364. The molecule has 1 fully saturated rings. The van der Waals surface area contributed by atoms with Crippen LogP contribution < -0.4 is 5.32 Å². The molecule has 1 saturated heterocycles. The number of carbonyl (C=O) groups is 1. The molecule has 1 amide bonds. The molecule has 104 valence electrons. The van der Waals surface area contributed by atoms with Crippen LogP contribution in [0.1, 0.15) is 31.4 Å². The molecule has 1 aliphatic rings. The summed E-state index contributed by atoms with van der Waals surface area (Å²) in [5.41, 5.74) is 0.541. The Morgan fingerprint density at radius 3 is 2.95 bits per heavy atom. The first-order valence-electron chi connectivity index (χ1n) is 6.46. The number of amides is 1. The molecule has 0 bridgehead atoms. The van der Waals surface area contributed by atoms with E-state index in [0.29, 0.717) is 18.5 Å². The first-order valence-corrected chi connectivity index (χ1v) is 6.46. The van der Waals surface area contributed by atoms with Gasteiger partial charge in [-0.15, -0.1) is 0 Å². The number of nitrogens with one attached hydrogen (secondary N) is 1. The molecule has 2 rings (SSSR count). The van der Waals surface area contributed by atoms with Crippen molar-refractivity contribution in [3.63, 3.8) is 0 Å². The molecule has 0 radical (unpaired) electrons. The molecule has 0 saturated carbocycles. The highest BCUT2D eigenvalue weighted by Crippen LogP contribution is 2.25. The highest BCUT2D eigenvalue weighted by molar-refractivity contribution is 5.76. The normalized spacial score (nSPS) is 21.5. The number of hydrogen-bond acceptors (Lipinski definition) is 3. The zero-order valence-electron chi connectivity index (χ0n) is 11.2. The summed E-state index contributed by atoms with van der Waals surface area (Å²) >= 11 is 0. The van der Waals surface area contributed by atoms with Crippen LogP contribution in [-0.2, 0) is 4.79 Å². The summed E-state index contributed by atoms with van der Waals surface area (Å²) in [7, 11) is 1.78. The van der Waals surface area contributed by atoms with Gasteiger partial charge in [-0.2, -0.15) is 0 Å². The summed E-state index contributed by atoms with van der Waals surface area (Å²) in [5, 5.41) is 13.1. The third kappa shape index (κ3) is 3.23. The molecule has 2 unspecified atom stereocenters. The Hall–Kier alpha value is -1.62. The Bertz CT molecular complexity index is 479. The van der Waals surface area contributed by atoms with Crippen LogP contribution in [0.3, 0.4) is 0 Å². The second-order valence-electron chi connectivity index (χ2n) is 5.10. The molecule has 0 aliphatic carbocycles. The minimum absolute atomic E-state index is 0.0849. The standard InChI is InChI=1S/C14H19FN2O2/c1-9(12-7-10(15)3-5-13(12)18)16-11-4-6-14(19)17(2)8-11/h3,5,7,9,11,16,18H,4,6,8H2,1-2H3. The van der Waals surface area contributed by atoms with Crippen LogP contribution >= 0.6 is 0 Å². The molecule has 2 atom stereocenters. The van der Waals surface area contributed by atoms with Gasteiger partial charge in [-0.3, -0.25) is 4.79 Å². The number of phenolic OH excluding ortho intramolecular Hbond substituents is 1. The summed E-state index contributed by atoms with van der Waals surface area (Å²) in [4.78, 5) is 13.1. The monoisotopic (exact) mass is 266 g/mol. The topological polar surface area (TPSA) is 52.6 Å². The van der Waals surface area contributed by atoms with Gasteiger partial charge in [0.15, 0.2) is 0 Å². The summed E-state index contributed by atoms with van der Waals surface area (Å²) in [6.45, 7) is 2.52. The van der Waals surface area contributed by atoms with E-state index in [1.165, 1.54) is 18.2 Å². The van der Waals surface area contributed by atoms with Crippen molar-refractivity contribution < 1.29 is 14.3 Å². The molecule has 1 aromatic rings. The van der Waals surface area contributed by atoms with E-state index in [-0.39, 0.29) is 29.6 Å². The van der Waals surface area contributed by atoms with Crippen molar-refractivity contribution in [2.24, 2.45) is 0 Å². The number of benzene rings is 1. The van der Waals surface area contributed by atoms with E-state index >= 15 is 0 Å². The first-order chi connectivity index (χ1) is 8.97. The Morgan fingerprint density at radius 1 is 1.53 bits per heavy atom. The Labute approximate surface area is 112 Å². The lowest BCUT2D eigenvalue weighted by molar-refractivity contribution is -0.132. The number of nitrogens with zero attached hydrogens (tertiary/aromatic N) is 1. The fourth-order valence-corrected chi connectivity index (χ4v) is 2.46. The van der Waals surface area contributed by atoms with Crippen molar-refractivity contribution in [1.29, 1.82) is 0 Å². The minimum Gasteiger partial charge on any atom is -0.508 e. The predicted molar refractivity (Wildman–Crippen MR) is 70.3 cm³/mol. The van der Waals surface area contributed by atoms with E-state index in [2.05, 4.69) is 5.32 Å². The van der Waals surface area contributed by atoms with Crippen molar-refractivity contribution in [3.05, 3.63) is 29.6 Å². The van der Waals surface area contributed by atoms with Gasteiger partial charge in [-0.05, 0) is 31.5 Å². The van der Waals surface area contributed by atoms with Crippen LogP contribution in [0.4, 0.5) is 4.39 Å². The van der Waals surface area contributed by atoms with Crippen molar-refractivity contribution >= 4 is 5.91 Å². The summed E-state index contributed by atoms with van der Waals surface area (Å²) in [6.07, 6.45) is 1.29. The van der Waals surface area contributed by atoms with Crippen LogP contribution in [0, 0.1) is 5.82 Å². The van der Waals surface area contributed by atoms with Gasteiger partial charge in [0.05, 0.1) is 0 Å². The highest BCUT2D eigenvalue weighted by atomic mass is 19.1. The average Bonchev–Trinajstić information content (AvgIpc) is 2.36. The lowest BCUT2D eigenvalue weighted by atomic mass is 10.0. The largest absolute Gasteiger partial charge is 0.508 e. The highest BCUT2D eigenvalue weighted by Gasteiger charge is 2.24. The SMILES string of the molecule is CC(NC1CCC(=O)N(C)C1)c1cc(F)ccc1O. The molecular weight excluding hydrogens is 247 g/mol. The fraction of sp³-hybridized carbons (Fsp3) is 0.500. The van der Waals surface area contributed by atoms with Crippen molar-refractivity contribution in [3.8, 4) is 5.75 Å². The van der Waals surface area contributed by atoms with Crippen molar-refractivity contribution in [2.45, 2.75) is 31.8 Å². The Kier molecular flexibility index (Phi) is 4.04. The smallest absolute Gasteiger partial charge is 0.222 e. The third-order valence-electron chi connectivity index (χ3n) is 3.57. The third-order valence-corrected chi connectivity index (χ3v) is 3.57. The molecule has 1 heterocycles. The van der Waals surface area contributed by atoms with Gasteiger partial charge in [0.25, 0.3) is 0 Å². The van der Waals surface area contributed by atoms with Crippen molar-refractivity contribution in [2.75, 3.05) is 13.6 Å². The van der Waals surface area contributed by atoms with Gasteiger partial charge < -0.3 is 15.3 Å². The van der Waals surface area contributed by atoms with E-state index in [0.717, 1.165) is 6.42 Å². The quantitative estimate of drug-likeness (QED) is 0.877. The van der Waals surface area contributed by atoms with Crippen LogP contribution in [0.2, 0.25) is 0 Å². The van der Waals surface area contributed by atoms with Crippen LogP contribution in [0.5, 0.6) is 5.75 Å². The maximum atomic E-state index is 13.2. The molecule has 2 N–H and O–H groups in total. The van der Waals surface area contributed by atoms with Gasteiger partial charge >= 0.3 is 0 Å². The second-order valence-corrected chi connectivity index (χ2v) is 5.10. The van der Waals surface area contributed by atoms with Crippen LogP contribution in [-0.4, -0.2) is 35.5 Å². The van der Waals surface area contributed by atoms with E-state index in [9.17, 15) is 14.3 Å². The lowest BCUT2D eigenvalue weighted by Crippen LogP contribution is -2.47. The van der Waals surface area contributed by atoms with E-state index in [1.807, 2.05) is 6.92 Å². The van der Waals surface area contributed by atoms with Crippen LogP contribution in [0.25, 0.3) is 0 Å². The molecule has 1 aromatic carbocycles. The summed E-state index contributed by atoms with van der Waals surface area (Å²) < 4.78 is 13.2. The van der Waals surface area contributed by atoms with E-state index in [4.69, 9.17) is 0 Å². The van der Waals surface area contributed by atoms with Gasteiger partial charge in [-0.1, -0.05) is 0 Å². The molecular formula is C14H19FN2O2. The molecule has 0 aromatic heterocycles. The molecule has 4 nitrogen and oxygen atoms in total. The van der Waals surface area contributed by atoms with E-state index < -0.39 is 0 Å². The number of halogens is 1.